The van der Waals surface area contributed by atoms with Crippen molar-refractivity contribution >= 4 is 17.8 Å². The molecule has 0 aromatic heterocycles. The second-order valence-electron chi connectivity index (χ2n) is 8.09. The highest BCUT2D eigenvalue weighted by Gasteiger charge is 2.44. The number of hydrogen-bond acceptors (Lipinski definition) is 5. The number of carboxylic acids is 1. The lowest BCUT2D eigenvalue weighted by molar-refractivity contribution is -0.139. The number of carboxylic acid groups (broad SMARTS) is 1. The molecule has 2 aliphatic carbocycles. The summed E-state index contributed by atoms with van der Waals surface area (Å²) in [4.78, 5) is 37.9. The number of hydrogen-bond donors (Lipinski definition) is 2. The fourth-order valence-corrected chi connectivity index (χ4v) is 4.27. The topological polar surface area (TPSA) is 102 Å². The summed E-state index contributed by atoms with van der Waals surface area (Å²) in [5, 5.41) is 12.3. The molecule has 0 saturated heterocycles. The van der Waals surface area contributed by atoms with Gasteiger partial charge in [0.05, 0.1) is 7.11 Å². The van der Waals surface area contributed by atoms with E-state index in [-0.39, 0.29) is 22.6 Å². The average molecular weight is 459 g/mol. The quantitative estimate of drug-likeness (QED) is 0.370. The van der Waals surface area contributed by atoms with Gasteiger partial charge in [-0.15, -0.1) is 0 Å². The maximum absolute atomic E-state index is 13.3. The summed E-state index contributed by atoms with van der Waals surface area (Å²) in [6.45, 7) is 0. The Bertz CT molecular complexity index is 1180. The zero-order chi connectivity index (χ0) is 24.1. The summed E-state index contributed by atoms with van der Waals surface area (Å²) < 4.78 is 11.3. The number of carbonyl (C=O) groups excluding carboxylic acids is 2. The van der Waals surface area contributed by atoms with Crippen molar-refractivity contribution in [3.63, 3.8) is 0 Å². The molecule has 2 aromatic carbocycles. The Morgan fingerprint density at radius 1 is 0.971 bits per heavy atom. The zero-order valence-corrected chi connectivity index (χ0v) is 18.7. The van der Waals surface area contributed by atoms with Gasteiger partial charge in [-0.3, -0.25) is 4.79 Å². The summed E-state index contributed by atoms with van der Waals surface area (Å²) in [5.74, 6) is -2.21. The number of ether oxygens (including phenoxy) is 2. The zero-order valence-electron chi connectivity index (χ0n) is 18.7. The predicted octanol–water partition coefficient (Wildman–Crippen LogP) is 3.90. The first-order valence-corrected chi connectivity index (χ1v) is 11.0. The summed E-state index contributed by atoms with van der Waals surface area (Å²) in [6.07, 6.45) is 6.39. The minimum Gasteiger partial charge on any atom is -0.478 e. The van der Waals surface area contributed by atoms with Gasteiger partial charge >= 0.3 is 11.9 Å². The number of para-hydroxylation sites is 1. The second-order valence-corrected chi connectivity index (χ2v) is 8.09. The molecule has 0 spiro atoms. The summed E-state index contributed by atoms with van der Waals surface area (Å²) in [7, 11) is 1.26. The molecule has 7 heteroatoms. The van der Waals surface area contributed by atoms with E-state index in [0.29, 0.717) is 25.0 Å². The van der Waals surface area contributed by atoms with Crippen molar-refractivity contribution in [2.24, 2.45) is 0 Å². The van der Waals surface area contributed by atoms with Crippen molar-refractivity contribution in [3.05, 3.63) is 101 Å². The van der Waals surface area contributed by atoms with Crippen LogP contribution in [0.5, 0.6) is 5.75 Å². The molecule has 0 saturated carbocycles. The lowest BCUT2D eigenvalue weighted by Gasteiger charge is -2.36. The normalized spacial score (nSPS) is 21.6. The third-order valence-electron chi connectivity index (χ3n) is 5.95. The standard InChI is InChI=1S/C27H25NO6/c1-33-26(32)23-17-19(18-9-4-2-5-10-18)15-16-27(23,34-20-11-6-3-7-12-20)28-24(29)21-13-8-14-22(21)25(30)31/h2-7,9-12,15-17,19H,8,13-14H2,1H3,(H,28,29)(H,30,31). The lowest BCUT2D eigenvalue weighted by atomic mass is 9.86. The van der Waals surface area contributed by atoms with Gasteiger partial charge in [-0.2, -0.15) is 0 Å². The van der Waals surface area contributed by atoms with Crippen LogP contribution < -0.4 is 10.1 Å². The van der Waals surface area contributed by atoms with E-state index < -0.39 is 23.6 Å². The summed E-state index contributed by atoms with van der Waals surface area (Å²) >= 11 is 0. The first-order valence-electron chi connectivity index (χ1n) is 11.0. The van der Waals surface area contributed by atoms with Gasteiger partial charge in [-0.1, -0.05) is 60.7 Å². The van der Waals surface area contributed by atoms with Gasteiger partial charge < -0.3 is 19.9 Å². The number of allylic oxidation sites excluding steroid dienone is 2. The maximum Gasteiger partial charge on any atom is 0.339 e. The number of carbonyl (C=O) groups is 3. The van der Waals surface area contributed by atoms with Gasteiger partial charge in [0.2, 0.25) is 5.72 Å². The molecule has 0 fully saturated rings. The van der Waals surface area contributed by atoms with Crippen molar-refractivity contribution in [2.45, 2.75) is 30.9 Å². The molecule has 2 atom stereocenters. The fourth-order valence-electron chi connectivity index (χ4n) is 4.27. The van der Waals surface area contributed by atoms with Crippen molar-refractivity contribution in [1.82, 2.24) is 5.32 Å². The molecule has 2 unspecified atom stereocenters. The van der Waals surface area contributed by atoms with Crippen LogP contribution in [-0.2, 0) is 19.1 Å². The van der Waals surface area contributed by atoms with Gasteiger partial charge in [0.1, 0.15) is 11.3 Å². The molecular weight excluding hydrogens is 434 g/mol. The highest BCUT2D eigenvalue weighted by atomic mass is 16.5. The van der Waals surface area contributed by atoms with Gasteiger partial charge in [-0.25, -0.2) is 9.59 Å². The second kappa shape index (κ2) is 9.79. The Kier molecular flexibility index (Phi) is 6.63. The van der Waals surface area contributed by atoms with Crippen LogP contribution in [0, 0.1) is 0 Å². The van der Waals surface area contributed by atoms with Crippen molar-refractivity contribution in [1.29, 1.82) is 0 Å². The first kappa shape index (κ1) is 23.0. The Morgan fingerprint density at radius 3 is 2.26 bits per heavy atom. The van der Waals surface area contributed by atoms with E-state index in [1.807, 2.05) is 42.5 Å². The highest BCUT2D eigenvalue weighted by Crippen LogP contribution is 2.36. The molecule has 174 valence electrons. The number of nitrogens with one attached hydrogen (secondary N) is 1. The number of rotatable bonds is 7. The number of benzene rings is 2. The van der Waals surface area contributed by atoms with E-state index in [1.165, 1.54) is 7.11 Å². The number of amides is 1. The third-order valence-corrected chi connectivity index (χ3v) is 5.95. The third kappa shape index (κ3) is 4.64. The SMILES string of the molecule is COC(=O)C1=CC(c2ccccc2)C=CC1(NC(=O)C1=C(C(=O)O)CCC1)Oc1ccccc1. The maximum atomic E-state index is 13.3. The molecule has 0 bridgehead atoms. The number of aliphatic carboxylic acids is 1. The Hall–Kier alpha value is -4.13. The van der Waals surface area contributed by atoms with Crippen LogP contribution in [0.25, 0.3) is 0 Å². The van der Waals surface area contributed by atoms with E-state index in [1.54, 1.807) is 36.4 Å². The lowest BCUT2D eigenvalue weighted by Crippen LogP contribution is -2.56. The predicted molar refractivity (Wildman–Crippen MR) is 125 cm³/mol. The Balaban J connectivity index is 1.79. The van der Waals surface area contributed by atoms with E-state index in [0.717, 1.165) is 5.56 Å². The summed E-state index contributed by atoms with van der Waals surface area (Å²) in [6, 6.07) is 18.4. The van der Waals surface area contributed by atoms with Crippen LogP contribution in [0.3, 0.4) is 0 Å². The van der Waals surface area contributed by atoms with Gasteiger partial charge in [0, 0.05) is 17.1 Å². The van der Waals surface area contributed by atoms with Crippen molar-refractivity contribution in [2.75, 3.05) is 7.11 Å². The monoisotopic (exact) mass is 459 g/mol. The molecule has 1 amide bonds. The molecule has 2 aromatic rings. The molecule has 2 N–H and O–H groups in total. The molecular formula is C27H25NO6. The number of methoxy groups -OCH3 is 1. The first-order chi connectivity index (χ1) is 16.4. The average Bonchev–Trinajstić information content (AvgIpc) is 3.36. The van der Waals surface area contributed by atoms with Gasteiger partial charge in [0.15, 0.2) is 0 Å². The number of esters is 1. The molecule has 7 nitrogen and oxygen atoms in total. The minimum absolute atomic E-state index is 0.0814. The van der Waals surface area contributed by atoms with Crippen molar-refractivity contribution in [3.8, 4) is 5.75 Å². The molecule has 0 heterocycles. The smallest absolute Gasteiger partial charge is 0.339 e. The summed E-state index contributed by atoms with van der Waals surface area (Å²) in [5.41, 5.74) is -0.370. The van der Waals surface area contributed by atoms with E-state index in [4.69, 9.17) is 9.47 Å². The molecule has 0 radical (unpaired) electrons. The van der Waals surface area contributed by atoms with Gasteiger partial charge in [-0.05, 0) is 43.0 Å². The molecule has 0 aliphatic heterocycles. The fraction of sp³-hybridized carbons (Fsp3) is 0.222. The van der Waals surface area contributed by atoms with Gasteiger partial charge in [0.25, 0.3) is 5.91 Å². The minimum atomic E-state index is -1.68. The molecule has 2 aliphatic rings. The van der Waals surface area contributed by atoms with E-state index >= 15 is 0 Å². The Morgan fingerprint density at radius 2 is 1.62 bits per heavy atom. The largest absolute Gasteiger partial charge is 0.478 e. The molecule has 4 rings (SSSR count). The molecule has 34 heavy (non-hydrogen) atoms. The van der Waals surface area contributed by atoms with Crippen LogP contribution in [0.1, 0.15) is 30.7 Å². The highest BCUT2D eigenvalue weighted by molar-refractivity contribution is 6.04. The van der Waals surface area contributed by atoms with Crippen LogP contribution in [0.2, 0.25) is 0 Å². The van der Waals surface area contributed by atoms with Crippen LogP contribution in [-0.4, -0.2) is 35.8 Å². The Labute approximate surface area is 197 Å². The van der Waals surface area contributed by atoms with E-state index in [2.05, 4.69) is 5.32 Å². The van der Waals surface area contributed by atoms with E-state index in [9.17, 15) is 19.5 Å². The van der Waals surface area contributed by atoms with Crippen LogP contribution in [0.15, 0.2) is 95.6 Å². The van der Waals surface area contributed by atoms with Crippen LogP contribution >= 0.6 is 0 Å². The van der Waals surface area contributed by atoms with Crippen LogP contribution in [0.4, 0.5) is 0 Å². The van der Waals surface area contributed by atoms with Crippen molar-refractivity contribution < 1.29 is 29.0 Å².